The third-order valence-electron chi connectivity index (χ3n) is 4.37. The van der Waals surface area contributed by atoms with Crippen LogP contribution in [0.25, 0.3) is 5.57 Å². The van der Waals surface area contributed by atoms with E-state index in [-0.39, 0.29) is 58.8 Å². The largest absolute Gasteiger partial charge is 1.00 e. The number of nitrogens with one attached hydrogen (secondary N) is 1. The van der Waals surface area contributed by atoms with Crippen molar-refractivity contribution in [3.63, 3.8) is 0 Å². The van der Waals surface area contributed by atoms with Crippen molar-refractivity contribution in [3.8, 4) is 0 Å². The predicted molar refractivity (Wildman–Crippen MR) is 107 cm³/mol. The Balaban J connectivity index is 0.00000341. The Bertz CT molecular complexity index is 978. The number of carboxylic acid groups (broad SMARTS) is 1. The van der Waals surface area contributed by atoms with E-state index in [2.05, 4.69) is 15.0 Å². The van der Waals surface area contributed by atoms with E-state index in [0.29, 0.717) is 17.2 Å². The van der Waals surface area contributed by atoms with Crippen LogP contribution in [0.4, 0.5) is 9.93 Å². The number of fused-ring (bicyclic) bond motifs is 1. The van der Waals surface area contributed by atoms with E-state index >= 15 is 0 Å². The number of primary amides is 1. The first-order chi connectivity index (χ1) is 14.2. The molecular weight excluding hydrogens is 457 g/mol. The summed E-state index contributed by atoms with van der Waals surface area (Å²) in [5.74, 6) is -2.53. The number of carboxylic acids is 1. The number of hydrogen-bond acceptors (Lipinski definition) is 10. The molecule has 2 aliphatic rings. The molecule has 0 radical (unpaired) electrons. The van der Waals surface area contributed by atoms with Crippen LogP contribution in [0, 0.1) is 0 Å². The topological polar surface area (TPSA) is 181 Å². The van der Waals surface area contributed by atoms with Gasteiger partial charge in [0.25, 0.3) is 11.8 Å². The van der Waals surface area contributed by atoms with Gasteiger partial charge in [-0.25, -0.2) is 9.78 Å². The second kappa shape index (κ2) is 10.5. The number of ether oxygens (including phenoxy) is 1. The number of nitrogens with two attached hydrogens (primary N) is 2. The molecule has 5 N–H and O–H groups in total. The summed E-state index contributed by atoms with van der Waals surface area (Å²) in [6.07, 6.45) is 1.17. The number of carbonyl (C=O) groups is 4. The Kier molecular flexibility index (Phi) is 8.54. The first kappa shape index (κ1) is 25.2. The van der Waals surface area contributed by atoms with Gasteiger partial charge in [-0.3, -0.25) is 14.5 Å². The molecule has 11 nitrogen and oxygen atoms in total. The Hall–Kier alpha value is -2.06. The number of aromatic nitrogens is 1. The van der Waals surface area contributed by atoms with Gasteiger partial charge in [0.2, 0.25) is 0 Å². The number of β-lactam (4-membered cyclic amide) rings is 1. The number of amides is 3. The third kappa shape index (κ3) is 5.23. The van der Waals surface area contributed by atoms with Gasteiger partial charge >= 0.3 is 35.7 Å². The van der Waals surface area contributed by atoms with Crippen molar-refractivity contribution < 1.29 is 58.6 Å². The maximum atomic E-state index is 12.8. The first-order valence-electron chi connectivity index (χ1n) is 8.77. The molecule has 3 heterocycles. The molecule has 14 heteroatoms. The summed E-state index contributed by atoms with van der Waals surface area (Å²) in [5.41, 5.74) is 11.1. The van der Waals surface area contributed by atoms with E-state index in [9.17, 15) is 24.3 Å². The molecule has 1 aromatic rings. The molecule has 0 saturated carbocycles. The van der Waals surface area contributed by atoms with Crippen molar-refractivity contribution in [1.29, 1.82) is 0 Å². The fourth-order valence-corrected chi connectivity index (χ4v) is 4.98. The van der Waals surface area contributed by atoms with E-state index in [0.717, 1.165) is 4.90 Å². The summed E-state index contributed by atoms with van der Waals surface area (Å²) < 4.78 is 4.65. The number of nitrogens with zero attached hydrogens (tertiary/aromatic N) is 2. The van der Waals surface area contributed by atoms with E-state index in [1.165, 1.54) is 23.1 Å². The number of nitrogen functional groups attached to an aromatic ring is 1. The van der Waals surface area contributed by atoms with Crippen LogP contribution < -0.4 is 51.4 Å². The van der Waals surface area contributed by atoms with Crippen molar-refractivity contribution in [2.75, 3.05) is 18.1 Å². The summed E-state index contributed by atoms with van der Waals surface area (Å²) >= 11 is 2.42. The average molecular weight is 475 g/mol. The minimum atomic E-state index is -1.58. The van der Waals surface area contributed by atoms with E-state index in [1.54, 1.807) is 11.5 Å². The molecule has 0 aliphatic carbocycles. The molecule has 160 valence electrons. The number of allylic oxidation sites excluding steroid dienone is 1. The Labute approximate surface area is 207 Å². The Morgan fingerprint density at radius 3 is 2.71 bits per heavy atom. The maximum absolute atomic E-state index is 12.8. The fourth-order valence-electron chi connectivity index (χ4n) is 3.09. The van der Waals surface area contributed by atoms with Crippen molar-refractivity contribution in [1.82, 2.24) is 15.2 Å². The number of hydrogen-bond donors (Lipinski definition) is 3. The summed E-state index contributed by atoms with van der Waals surface area (Å²) in [7, 11) is 0. The SMILES string of the molecule is CCC=C(C(=O)NC1C(=O)N2C(C(=O)[O-])=C(COC(N)=O)CSC12)c1csc(N)n1.[Na+]. The van der Waals surface area contributed by atoms with Gasteiger partial charge < -0.3 is 31.4 Å². The zero-order valence-corrected chi connectivity index (χ0v) is 20.4. The molecule has 2 aliphatic heterocycles. The number of thioether (sulfide) groups is 1. The molecule has 3 amide bonds. The van der Waals surface area contributed by atoms with Crippen LogP contribution in [0.15, 0.2) is 22.7 Å². The monoisotopic (exact) mass is 475 g/mol. The van der Waals surface area contributed by atoms with Crippen LogP contribution in [0.2, 0.25) is 0 Å². The maximum Gasteiger partial charge on any atom is 1.00 e. The second-order valence-electron chi connectivity index (χ2n) is 6.31. The molecule has 1 fully saturated rings. The van der Waals surface area contributed by atoms with Crippen molar-refractivity contribution in [3.05, 3.63) is 28.4 Å². The molecule has 0 aromatic carbocycles. The van der Waals surface area contributed by atoms with Crippen LogP contribution in [0.3, 0.4) is 0 Å². The summed E-state index contributed by atoms with van der Waals surface area (Å²) in [5, 5.41) is 15.6. The molecule has 2 unspecified atom stereocenters. The molecule has 0 bridgehead atoms. The Morgan fingerprint density at radius 1 is 1.45 bits per heavy atom. The van der Waals surface area contributed by atoms with Crippen LogP contribution in [-0.4, -0.2) is 57.5 Å². The fraction of sp³-hybridized carbons (Fsp3) is 0.353. The molecule has 0 spiro atoms. The predicted octanol–water partition coefficient (Wildman–Crippen LogP) is -3.98. The second-order valence-corrected chi connectivity index (χ2v) is 8.30. The number of aliphatic carboxylic acids is 1. The minimum Gasteiger partial charge on any atom is -0.543 e. The quantitative estimate of drug-likeness (QED) is 0.201. The zero-order valence-electron chi connectivity index (χ0n) is 16.7. The first-order valence-corrected chi connectivity index (χ1v) is 10.7. The van der Waals surface area contributed by atoms with Gasteiger partial charge in [0.15, 0.2) is 5.13 Å². The van der Waals surface area contributed by atoms with Crippen LogP contribution in [0.5, 0.6) is 0 Å². The van der Waals surface area contributed by atoms with Gasteiger partial charge in [-0.05, 0) is 6.42 Å². The van der Waals surface area contributed by atoms with Crippen LogP contribution >= 0.6 is 23.1 Å². The average Bonchev–Trinajstić information content (AvgIpc) is 3.13. The number of carbonyl (C=O) groups excluding carboxylic acids is 4. The zero-order chi connectivity index (χ0) is 22.0. The summed E-state index contributed by atoms with van der Waals surface area (Å²) in [6, 6.07) is -0.924. The molecule has 1 saturated heterocycles. The van der Waals surface area contributed by atoms with E-state index < -0.39 is 35.3 Å². The van der Waals surface area contributed by atoms with E-state index in [4.69, 9.17) is 11.5 Å². The third-order valence-corrected chi connectivity index (χ3v) is 6.38. The summed E-state index contributed by atoms with van der Waals surface area (Å²) in [6.45, 7) is 1.48. The normalized spacial score (nSPS) is 20.4. The molecule has 1 aromatic heterocycles. The number of rotatable bonds is 7. The molecular formula is C17H18N5NaO6S2. The van der Waals surface area contributed by atoms with Gasteiger partial charge in [-0.1, -0.05) is 13.0 Å². The molecule has 2 atom stereocenters. The Morgan fingerprint density at radius 2 is 2.16 bits per heavy atom. The molecule has 3 rings (SSSR count). The summed E-state index contributed by atoms with van der Waals surface area (Å²) in [4.78, 5) is 53.0. The van der Waals surface area contributed by atoms with Crippen molar-refractivity contribution in [2.24, 2.45) is 5.73 Å². The van der Waals surface area contributed by atoms with Gasteiger partial charge in [-0.2, -0.15) is 0 Å². The smallest absolute Gasteiger partial charge is 0.543 e. The standard InChI is InChI=1S/C17H19N5O6S2.Na/c1-2-3-8(9-6-30-16(18)20-9)12(23)21-10-13(24)22-11(15(25)26)7(4-28-17(19)27)5-29-14(10)22;/h3,6,10,14H,2,4-5H2,1H3,(H2,18,20)(H2,19,27)(H,21,23)(H,25,26);/q;+1/p-1. The van der Waals surface area contributed by atoms with Crippen LogP contribution in [-0.2, 0) is 19.1 Å². The van der Waals surface area contributed by atoms with Crippen LogP contribution in [0.1, 0.15) is 19.0 Å². The van der Waals surface area contributed by atoms with Crippen molar-refractivity contribution >= 4 is 57.7 Å². The van der Waals surface area contributed by atoms with Gasteiger partial charge in [0, 0.05) is 16.7 Å². The van der Waals surface area contributed by atoms with Gasteiger partial charge in [-0.15, -0.1) is 23.1 Å². The van der Waals surface area contributed by atoms with Gasteiger partial charge in [0.1, 0.15) is 18.0 Å². The number of thiazole rings is 1. The van der Waals surface area contributed by atoms with E-state index in [1.807, 2.05) is 6.92 Å². The van der Waals surface area contributed by atoms with Crippen molar-refractivity contribution in [2.45, 2.75) is 24.8 Å². The minimum absolute atomic E-state index is 0. The molecule has 31 heavy (non-hydrogen) atoms. The number of anilines is 1. The van der Waals surface area contributed by atoms with Gasteiger partial charge in [0.05, 0.1) is 22.9 Å².